The molecule has 0 bridgehead atoms. The number of aromatic nitrogens is 1. The Morgan fingerprint density at radius 2 is 1.81 bits per heavy atom. The van der Waals surface area contributed by atoms with Crippen LogP contribution in [0.25, 0.3) is 10.9 Å². The number of hydrogen-bond acceptors (Lipinski definition) is 5. The van der Waals surface area contributed by atoms with E-state index in [0.717, 1.165) is 27.6 Å². The fraction of sp³-hybridized carbons (Fsp3) is 0.185. The molecule has 0 aliphatic carbocycles. The molecule has 2 heterocycles. The number of para-hydroxylation sites is 1. The van der Waals surface area contributed by atoms with Crippen LogP contribution >= 0.6 is 0 Å². The molecule has 0 spiro atoms. The highest BCUT2D eigenvalue weighted by Gasteiger charge is 2.33. The lowest BCUT2D eigenvalue weighted by Crippen LogP contribution is -2.37. The molecule has 1 aliphatic heterocycles. The molecule has 0 amide bonds. The number of halogens is 2. The lowest BCUT2D eigenvalue weighted by Gasteiger charge is -2.25. The van der Waals surface area contributed by atoms with Crippen molar-refractivity contribution >= 4 is 26.6 Å². The van der Waals surface area contributed by atoms with E-state index in [-0.39, 0.29) is 23.5 Å². The summed E-state index contributed by atoms with van der Waals surface area (Å²) in [5.41, 5.74) is 3.06. The molecule has 0 fully saturated rings. The maximum atomic E-state index is 14.6. The number of pyridine rings is 1. The van der Waals surface area contributed by atoms with Gasteiger partial charge in [0, 0.05) is 36.2 Å². The fourth-order valence-corrected chi connectivity index (χ4v) is 5.80. The predicted molar refractivity (Wildman–Crippen MR) is 133 cm³/mol. The van der Waals surface area contributed by atoms with Gasteiger partial charge in [-0.05, 0) is 30.7 Å². The fourth-order valence-electron chi connectivity index (χ4n) is 4.18. The standard InChI is InChI=1S/C27H23F2N3O3S/c1-18-7-9-19(10-8-18)25-15-23(35-31-25)17-32(16-21-11-12-22(28)14-24(21)29)36(33,34)26-6-2-4-20-5-3-13-30-27(20)26/h2-14,23H,15-17H2,1H3. The van der Waals surface area contributed by atoms with Crippen molar-refractivity contribution in [1.29, 1.82) is 0 Å². The van der Waals surface area contributed by atoms with Gasteiger partial charge in [0.2, 0.25) is 10.0 Å². The van der Waals surface area contributed by atoms with Gasteiger partial charge in [-0.3, -0.25) is 4.98 Å². The van der Waals surface area contributed by atoms with Gasteiger partial charge < -0.3 is 4.84 Å². The maximum Gasteiger partial charge on any atom is 0.245 e. The van der Waals surface area contributed by atoms with Crippen LogP contribution in [0, 0.1) is 18.6 Å². The Kier molecular flexibility index (Phi) is 6.51. The first-order valence-corrected chi connectivity index (χ1v) is 12.8. The highest BCUT2D eigenvalue weighted by molar-refractivity contribution is 7.89. The van der Waals surface area contributed by atoms with Crippen LogP contribution in [0.2, 0.25) is 0 Å². The molecule has 1 atom stereocenters. The van der Waals surface area contributed by atoms with Gasteiger partial charge in [-0.1, -0.05) is 59.3 Å². The molecule has 1 aliphatic rings. The molecule has 0 N–H and O–H groups in total. The summed E-state index contributed by atoms with van der Waals surface area (Å²) in [5, 5.41) is 4.83. The average molecular weight is 508 g/mol. The molecule has 6 nitrogen and oxygen atoms in total. The van der Waals surface area contributed by atoms with Crippen LogP contribution in [0.5, 0.6) is 0 Å². The minimum atomic E-state index is -4.15. The molecule has 1 aromatic heterocycles. The number of benzene rings is 3. The smallest absolute Gasteiger partial charge is 0.245 e. The van der Waals surface area contributed by atoms with E-state index in [1.165, 1.54) is 18.3 Å². The summed E-state index contributed by atoms with van der Waals surface area (Å²) in [6, 6.07) is 19.3. The van der Waals surface area contributed by atoms with Crippen molar-refractivity contribution < 1.29 is 22.0 Å². The van der Waals surface area contributed by atoms with E-state index in [2.05, 4.69) is 10.1 Å². The minimum Gasteiger partial charge on any atom is -0.390 e. The third-order valence-corrected chi connectivity index (χ3v) is 7.94. The molecule has 5 rings (SSSR count). The van der Waals surface area contributed by atoms with Crippen LogP contribution in [-0.2, 0) is 21.4 Å². The van der Waals surface area contributed by atoms with Crippen molar-refractivity contribution in [2.24, 2.45) is 5.16 Å². The number of aryl methyl sites for hydroxylation is 1. The summed E-state index contributed by atoms with van der Waals surface area (Å²) in [5.74, 6) is -1.56. The van der Waals surface area contributed by atoms with Crippen LogP contribution in [-0.4, -0.2) is 36.1 Å². The summed E-state index contributed by atoms with van der Waals surface area (Å²) >= 11 is 0. The van der Waals surface area contributed by atoms with Crippen molar-refractivity contribution in [2.75, 3.05) is 6.54 Å². The van der Waals surface area contributed by atoms with Gasteiger partial charge in [-0.2, -0.15) is 4.31 Å². The van der Waals surface area contributed by atoms with Crippen LogP contribution in [0.4, 0.5) is 8.78 Å². The normalized spacial score (nSPS) is 15.8. The molecule has 0 saturated heterocycles. The maximum absolute atomic E-state index is 14.6. The number of fused-ring (bicyclic) bond motifs is 1. The Labute approximate surface area is 207 Å². The van der Waals surface area contributed by atoms with Crippen molar-refractivity contribution in [3.63, 3.8) is 0 Å². The summed E-state index contributed by atoms with van der Waals surface area (Å²) in [4.78, 5) is 9.87. The van der Waals surface area contributed by atoms with Gasteiger partial charge in [-0.15, -0.1) is 0 Å². The van der Waals surface area contributed by atoms with Gasteiger partial charge >= 0.3 is 0 Å². The zero-order valence-electron chi connectivity index (χ0n) is 19.4. The van der Waals surface area contributed by atoms with Crippen LogP contribution < -0.4 is 0 Å². The van der Waals surface area contributed by atoms with E-state index in [1.54, 1.807) is 24.3 Å². The summed E-state index contributed by atoms with van der Waals surface area (Å²) in [6.07, 6.45) is 1.32. The highest BCUT2D eigenvalue weighted by atomic mass is 32.2. The van der Waals surface area contributed by atoms with Crippen LogP contribution in [0.1, 0.15) is 23.1 Å². The van der Waals surface area contributed by atoms with E-state index >= 15 is 0 Å². The van der Waals surface area contributed by atoms with E-state index < -0.39 is 27.8 Å². The number of rotatable bonds is 7. The van der Waals surface area contributed by atoms with Crippen molar-refractivity contribution in [3.05, 3.63) is 107 Å². The number of hydrogen-bond donors (Lipinski definition) is 0. The third kappa shape index (κ3) is 4.84. The van der Waals surface area contributed by atoms with Gasteiger partial charge in [-0.25, -0.2) is 17.2 Å². The number of sulfonamides is 1. The van der Waals surface area contributed by atoms with Crippen LogP contribution in [0.3, 0.4) is 0 Å². The SMILES string of the molecule is Cc1ccc(C2=NOC(CN(Cc3ccc(F)cc3F)S(=O)(=O)c3cccc4cccnc34)C2)cc1. The lowest BCUT2D eigenvalue weighted by molar-refractivity contribution is 0.0692. The Bertz CT molecular complexity index is 1550. The second-order valence-electron chi connectivity index (χ2n) is 8.70. The first-order valence-electron chi connectivity index (χ1n) is 11.4. The first-order chi connectivity index (χ1) is 17.3. The second kappa shape index (κ2) is 9.75. The minimum absolute atomic E-state index is 0.000734. The molecule has 0 radical (unpaired) electrons. The second-order valence-corrected chi connectivity index (χ2v) is 10.6. The lowest BCUT2D eigenvalue weighted by atomic mass is 10.0. The van der Waals surface area contributed by atoms with E-state index in [4.69, 9.17) is 4.84 Å². The summed E-state index contributed by atoms with van der Waals surface area (Å²) < 4.78 is 57.0. The zero-order valence-corrected chi connectivity index (χ0v) is 20.3. The Morgan fingerprint density at radius 3 is 2.58 bits per heavy atom. The monoisotopic (exact) mass is 507 g/mol. The molecular formula is C27H23F2N3O3S. The topological polar surface area (TPSA) is 71.9 Å². The highest BCUT2D eigenvalue weighted by Crippen LogP contribution is 2.28. The van der Waals surface area contributed by atoms with Crippen molar-refractivity contribution in [2.45, 2.75) is 30.9 Å². The van der Waals surface area contributed by atoms with E-state index in [0.29, 0.717) is 23.0 Å². The summed E-state index contributed by atoms with van der Waals surface area (Å²) in [7, 11) is -4.15. The Balaban J connectivity index is 1.47. The first kappa shape index (κ1) is 24.0. The van der Waals surface area contributed by atoms with Gasteiger partial charge in [0.25, 0.3) is 0 Å². The summed E-state index contributed by atoms with van der Waals surface area (Å²) in [6.45, 7) is 1.59. The van der Waals surface area contributed by atoms with Crippen molar-refractivity contribution in [3.8, 4) is 0 Å². The molecule has 184 valence electrons. The quantitative estimate of drug-likeness (QED) is 0.345. The molecule has 1 unspecified atom stereocenters. The molecule has 4 aromatic rings. The number of nitrogens with zero attached hydrogens (tertiary/aromatic N) is 3. The molecule has 3 aromatic carbocycles. The average Bonchev–Trinajstić information content (AvgIpc) is 3.33. The third-order valence-electron chi connectivity index (χ3n) is 6.10. The molecule has 36 heavy (non-hydrogen) atoms. The number of oxime groups is 1. The van der Waals surface area contributed by atoms with Gasteiger partial charge in [0.05, 0.1) is 17.8 Å². The predicted octanol–water partition coefficient (Wildman–Crippen LogP) is 5.21. The molecular weight excluding hydrogens is 484 g/mol. The molecule has 9 heteroatoms. The van der Waals surface area contributed by atoms with E-state index in [9.17, 15) is 17.2 Å². The van der Waals surface area contributed by atoms with Gasteiger partial charge in [0.1, 0.15) is 22.6 Å². The van der Waals surface area contributed by atoms with Gasteiger partial charge in [0.15, 0.2) is 0 Å². The van der Waals surface area contributed by atoms with Crippen molar-refractivity contribution in [1.82, 2.24) is 9.29 Å². The van der Waals surface area contributed by atoms with E-state index in [1.807, 2.05) is 31.2 Å². The Morgan fingerprint density at radius 1 is 1.03 bits per heavy atom. The largest absolute Gasteiger partial charge is 0.390 e. The zero-order chi connectivity index (χ0) is 25.3. The Hall–Kier alpha value is -3.69. The molecule has 0 saturated carbocycles. The van der Waals surface area contributed by atoms with Crippen LogP contribution in [0.15, 0.2) is 89.0 Å².